The summed E-state index contributed by atoms with van der Waals surface area (Å²) < 4.78 is 8.88. The topological polar surface area (TPSA) is 77.8 Å². The molecule has 0 aromatic heterocycles. The standard InChI is InChI=1S/C7H10.H3O4P/c1-2-7-4-3-6(1)5-7;1-5(2,3)4/h1,7H,2-5H2;(H3,1,2,3,4). The van der Waals surface area contributed by atoms with Crippen molar-refractivity contribution in [2.75, 3.05) is 0 Å². The van der Waals surface area contributed by atoms with Crippen molar-refractivity contribution in [3.8, 4) is 0 Å². The molecule has 0 aromatic carbocycles. The monoisotopic (exact) mass is 192 g/mol. The number of phosphoric acid groups is 1. The lowest BCUT2D eigenvalue weighted by molar-refractivity contribution is 0.275. The van der Waals surface area contributed by atoms with Gasteiger partial charge in [-0.1, -0.05) is 11.6 Å². The SMILES string of the molecule is C1=C2CCC(C1)C2.O=P(O)(O)O. The predicted molar refractivity (Wildman–Crippen MR) is 44.3 cm³/mol. The normalized spacial score (nSPS) is 26.2. The van der Waals surface area contributed by atoms with Gasteiger partial charge < -0.3 is 14.7 Å². The second-order valence-electron chi connectivity index (χ2n) is 3.22. The summed E-state index contributed by atoms with van der Waals surface area (Å²) >= 11 is 0. The van der Waals surface area contributed by atoms with Crippen LogP contribution in [-0.2, 0) is 4.57 Å². The Kier molecular flexibility index (Phi) is 3.07. The van der Waals surface area contributed by atoms with Crippen molar-refractivity contribution in [2.24, 2.45) is 5.92 Å². The lowest BCUT2D eigenvalue weighted by Crippen LogP contribution is -1.85. The molecule has 2 aliphatic carbocycles. The van der Waals surface area contributed by atoms with E-state index in [4.69, 9.17) is 19.2 Å². The van der Waals surface area contributed by atoms with E-state index in [1.54, 1.807) is 5.57 Å². The van der Waals surface area contributed by atoms with Crippen LogP contribution in [0.3, 0.4) is 0 Å². The fourth-order valence-corrected chi connectivity index (χ4v) is 1.68. The van der Waals surface area contributed by atoms with Gasteiger partial charge in [0.2, 0.25) is 0 Å². The molecule has 70 valence electrons. The molecule has 0 radical (unpaired) electrons. The first-order valence-corrected chi connectivity index (χ1v) is 5.48. The van der Waals surface area contributed by atoms with Crippen LogP contribution in [0.2, 0.25) is 0 Å². The van der Waals surface area contributed by atoms with E-state index >= 15 is 0 Å². The molecule has 0 amide bonds. The van der Waals surface area contributed by atoms with Crippen LogP contribution in [0, 0.1) is 5.92 Å². The Labute approximate surface area is 71.2 Å². The molecule has 2 bridgehead atoms. The molecular weight excluding hydrogens is 179 g/mol. The number of hydrogen-bond donors (Lipinski definition) is 3. The quantitative estimate of drug-likeness (QED) is 0.398. The minimum atomic E-state index is -4.64. The van der Waals surface area contributed by atoms with Gasteiger partial charge in [0.05, 0.1) is 0 Å². The molecule has 0 aromatic rings. The van der Waals surface area contributed by atoms with Crippen LogP contribution in [0.25, 0.3) is 0 Å². The van der Waals surface area contributed by atoms with Crippen molar-refractivity contribution >= 4 is 7.82 Å². The zero-order chi connectivity index (χ0) is 9.19. The van der Waals surface area contributed by atoms with E-state index in [9.17, 15) is 0 Å². The Morgan fingerprint density at radius 3 is 2.08 bits per heavy atom. The van der Waals surface area contributed by atoms with E-state index in [2.05, 4.69) is 6.08 Å². The molecule has 3 N–H and O–H groups in total. The Bertz CT molecular complexity index is 221. The largest absolute Gasteiger partial charge is 0.466 e. The molecule has 1 saturated carbocycles. The van der Waals surface area contributed by atoms with Gasteiger partial charge in [-0.2, -0.15) is 0 Å². The van der Waals surface area contributed by atoms with E-state index in [1.807, 2.05) is 0 Å². The van der Waals surface area contributed by atoms with Crippen LogP contribution in [0.1, 0.15) is 25.7 Å². The molecule has 0 spiro atoms. The minimum absolute atomic E-state index is 1.08. The van der Waals surface area contributed by atoms with E-state index in [-0.39, 0.29) is 0 Å². The molecule has 2 rings (SSSR count). The molecule has 0 aliphatic heterocycles. The lowest BCUT2D eigenvalue weighted by Gasteiger charge is -1.98. The van der Waals surface area contributed by atoms with Crippen molar-refractivity contribution in [3.63, 3.8) is 0 Å². The Balaban J connectivity index is 0.000000130. The maximum absolute atomic E-state index is 8.88. The number of allylic oxidation sites excluding steroid dienone is 2. The Hall–Kier alpha value is -0.150. The molecule has 1 fully saturated rings. The number of hydrogen-bond acceptors (Lipinski definition) is 1. The highest BCUT2D eigenvalue weighted by molar-refractivity contribution is 7.45. The van der Waals surface area contributed by atoms with Crippen molar-refractivity contribution in [3.05, 3.63) is 11.6 Å². The predicted octanol–water partition coefficient (Wildman–Crippen LogP) is 1.19. The summed E-state index contributed by atoms with van der Waals surface area (Å²) in [6.45, 7) is 0. The molecule has 1 unspecified atom stereocenters. The van der Waals surface area contributed by atoms with Gasteiger partial charge in [0, 0.05) is 0 Å². The molecule has 4 nitrogen and oxygen atoms in total. The Morgan fingerprint density at radius 1 is 1.42 bits per heavy atom. The second kappa shape index (κ2) is 3.71. The van der Waals surface area contributed by atoms with E-state index < -0.39 is 7.82 Å². The summed E-state index contributed by atoms with van der Waals surface area (Å²) in [4.78, 5) is 21.6. The summed E-state index contributed by atoms with van der Waals surface area (Å²) in [6, 6.07) is 0. The number of rotatable bonds is 0. The average Bonchev–Trinajstić information content (AvgIpc) is 2.42. The van der Waals surface area contributed by atoms with Crippen LogP contribution >= 0.6 is 7.82 Å². The second-order valence-corrected chi connectivity index (χ2v) is 4.25. The van der Waals surface area contributed by atoms with E-state index in [0.717, 1.165) is 5.92 Å². The highest BCUT2D eigenvalue weighted by Gasteiger charge is 2.22. The van der Waals surface area contributed by atoms with E-state index in [1.165, 1.54) is 25.7 Å². The molecule has 1 atom stereocenters. The first kappa shape index (κ1) is 9.93. The first-order chi connectivity index (χ1) is 5.45. The smallest absolute Gasteiger partial charge is 0.303 e. The molecule has 0 heterocycles. The van der Waals surface area contributed by atoms with Gasteiger partial charge in [-0.25, -0.2) is 4.57 Å². The van der Waals surface area contributed by atoms with Gasteiger partial charge >= 0.3 is 7.82 Å². The third kappa shape index (κ3) is 4.02. The van der Waals surface area contributed by atoms with Gasteiger partial charge in [0.25, 0.3) is 0 Å². The lowest BCUT2D eigenvalue weighted by atomic mass is 10.1. The highest BCUT2D eigenvalue weighted by atomic mass is 31.2. The van der Waals surface area contributed by atoms with Gasteiger partial charge in [-0.15, -0.1) is 0 Å². The molecule has 0 saturated heterocycles. The van der Waals surface area contributed by atoms with Crippen LogP contribution < -0.4 is 0 Å². The summed E-state index contributed by atoms with van der Waals surface area (Å²) in [6.07, 6.45) is 8.18. The van der Waals surface area contributed by atoms with Crippen molar-refractivity contribution in [1.29, 1.82) is 0 Å². The summed E-state index contributed by atoms with van der Waals surface area (Å²) in [7, 11) is -4.64. The average molecular weight is 192 g/mol. The maximum atomic E-state index is 8.88. The Morgan fingerprint density at radius 2 is 2.00 bits per heavy atom. The summed E-state index contributed by atoms with van der Waals surface area (Å²) in [5.74, 6) is 1.08. The fourth-order valence-electron chi connectivity index (χ4n) is 1.68. The summed E-state index contributed by atoms with van der Waals surface area (Å²) in [5, 5.41) is 0. The molecular formula is C7H13O4P. The molecule has 12 heavy (non-hydrogen) atoms. The van der Waals surface area contributed by atoms with Crippen LogP contribution in [0.5, 0.6) is 0 Å². The maximum Gasteiger partial charge on any atom is 0.466 e. The minimum Gasteiger partial charge on any atom is -0.303 e. The first-order valence-electron chi connectivity index (χ1n) is 3.91. The zero-order valence-electron chi connectivity index (χ0n) is 6.68. The third-order valence-electron chi connectivity index (χ3n) is 2.16. The van der Waals surface area contributed by atoms with Gasteiger partial charge in [0.1, 0.15) is 0 Å². The van der Waals surface area contributed by atoms with Crippen LogP contribution in [-0.4, -0.2) is 14.7 Å². The van der Waals surface area contributed by atoms with Crippen LogP contribution in [0.4, 0.5) is 0 Å². The number of fused-ring (bicyclic) bond motifs is 2. The van der Waals surface area contributed by atoms with Gasteiger partial charge in [-0.05, 0) is 31.6 Å². The van der Waals surface area contributed by atoms with Gasteiger partial charge in [-0.3, -0.25) is 0 Å². The van der Waals surface area contributed by atoms with Gasteiger partial charge in [0.15, 0.2) is 0 Å². The van der Waals surface area contributed by atoms with Crippen molar-refractivity contribution in [1.82, 2.24) is 0 Å². The highest BCUT2D eigenvalue weighted by Crippen LogP contribution is 2.38. The van der Waals surface area contributed by atoms with Crippen molar-refractivity contribution < 1.29 is 19.2 Å². The zero-order valence-corrected chi connectivity index (χ0v) is 7.57. The molecule has 2 aliphatic rings. The van der Waals surface area contributed by atoms with Crippen LogP contribution in [0.15, 0.2) is 11.6 Å². The summed E-state index contributed by atoms with van der Waals surface area (Å²) in [5.41, 5.74) is 1.74. The fraction of sp³-hybridized carbons (Fsp3) is 0.714. The van der Waals surface area contributed by atoms with E-state index in [0.29, 0.717) is 0 Å². The molecule has 5 heteroatoms. The van der Waals surface area contributed by atoms with Crippen molar-refractivity contribution in [2.45, 2.75) is 25.7 Å². The third-order valence-corrected chi connectivity index (χ3v) is 2.16.